The normalized spacial score (nSPS) is 9.92. The Morgan fingerprint density at radius 3 is 3.08 bits per heavy atom. The van der Waals surface area contributed by atoms with Crippen molar-refractivity contribution in [1.29, 1.82) is 0 Å². The van der Waals surface area contributed by atoms with Gasteiger partial charge < -0.3 is 4.42 Å². The second-order valence-corrected chi connectivity index (χ2v) is 2.43. The maximum atomic E-state index is 9.94. The molecule has 2 aromatic heterocycles. The van der Waals surface area contributed by atoms with Crippen LogP contribution in [0.5, 0.6) is 0 Å². The quantitative estimate of drug-likeness (QED) is 0.486. The second kappa shape index (κ2) is 2.80. The summed E-state index contributed by atoms with van der Waals surface area (Å²) >= 11 is 0. The van der Waals surface area contributed by atoms with E-state index >= 15 is 0 Å². The second-order valence-electron chi connectivity index (χ2n) is 2.43. The Labute approximate surface area is 73.1 Å². The van der Waals surface area contributed by atoms with Gasteiger partial charge in [0, 0.05) is 6.92 Å². The zero-order chi connectivity index (χ0) is 9.26. The number of rotatable bonds is 1. The topological polar surface area (TPSA) is 68.3 Å². The fraction of sp³-hybridized carbons (Fsp3) is 0.125. The Morgan fingerprint density at radius 2 is 2.31 bits per heavy atom. The van der Waals surface area contributed by atoms with Gasteiger partial charge in [0.25, 0.3) is 0 Å². The highest BCUT2D eigenvalue weighted by Crippen LogP contribution is 2.16. The first-order valence-corrected chi connectivity index (χ1v) is 3.61. The molecule has 0 saturated carbocycles. The fourth-order valence-electron chi connectivity index (χ4n) is 1.03. The van der Waals surface area contributed by atoms with Crippen LogP contribution in [0.2, 0.25) is 0 Å². The average Bonchev–Trinajstić information content (AvgIpc) is 2.44. The third-order valence-electron chi connectivity index (χ3n) is 1.51. The number of oxazole rings is 1. The Bertz CT molecular complexity index is 497. The van der Waals surface area contributed by atoms with Crippen molar-refractivity contribution < 1.29 is 9.21 Å². The lowest BCUT2D eigenvalue weighted by atomic mass is 10.4. The summed E-state index contributed by atoms with van der Waals surface area (Å²) in [5.74, 6) is 0.825. The molecule has 0 atom stereocenters. The van der Waals surface area contributed by atoms with Gasteiger partial charge in [-0.15, -0.1) is 4.99 Å². The monoisotopic (exact) mass is 175 g/mol. The van der Waals surface area contributed by atoms with Crippen LogP contribution in [-0.2, 0) is 4.79 Å². The van der Waals surface area contributed by atoms with Crippen LogP contribution >= 0.6 is 0 Å². The first-order chi connectivity index (χ1) is 6.29. The molecule has 0 spiro atoms. The molecule has 0 aromatic carbocycles. The van der Waals surface area contributed by atoms with Crippen LogP contribution in [0.3, 0.4) is 0 Å². The van der Waals surface area contributed by atoms with Crippen LogP contribution in [0, 0.1) is 6.92 Å². The predicted molar refractivity (Wildman–Crippen MR) is 44.3 cm³/mol. The minimum atomic E-state index is 0.288. The van der Waals surface area contributed by atoms with E-state index in [-0.39, 0.29) is 5.82 Å². The number of aryl methyl sites for hydroxylation is 1. The van der Waals surface area contributed by atoms with E-state index in [2.05, 4.69) is 15.0 Å². The van der Waals surface area contributed by atoms with Gasteiger partial charge >= 0.3 is 0 Å². The van der Waals surface area contributed by atoms with E-state index in [1.54, 1.807) is 19.1 Å². The Balaban J connectivity index is 2.67. The van der Waals surface area contributed by atoms with Gasteiger partial charge in [0.1, 0.15) is 0 Å². The molecule has 0 N–H and O–H groups in total. The molecular weight excluding hydrogens is 170 g/mol. The van der Waals surface area contributed by atoms with Gasteiger partial charge in [0.15, 0.2) is 17.3 Å². The molecule has 64 valence electrons. The molecule has 0 amide bonds. The van der Waals surface area contributed by atoms with E-state index in [1.165, 1.54) is 6.08 Å². The molecule has 0 unspecified atom stereocenters. The van der Waals surface area contributed by atoms with Crippen LogP contribution in [-0.4, -0.2) is 16.0 Å². The minimum absolute atomic E-state index is 0.288. The first kappa shape index (κ1) is 7.64. The molecule has 2 rings (SSSR count). The lowest BCUT2D eigenvalue weighted by molar-refractivity contribution is 0.560. The van der Waals surface area contributed by atoms with Crippen molar-refractivity contribution in [3.63, 3.8) is 0 Å². The van der Waals surface area contributed by atoms with Gasteiger partial charge in [-0.2, -0.15) is 4.98 Å². The number of fused-ring (bicyclic) bond motifs is 1. The maximum absolute atomic E-state index is 9.94. The zero-order valence-corrected chi connectivity index (χ0v) is 6.81. The van der Waals surface area contributed by atoms with Gasteiger partial charge in [-0.3, -0.25) is 0 Å². The lowest BCUT2D eigenvalue weighted by Crippen LogP contribution is -1.76. The highest BCUT2D eigenvalue weighted by Gasteiger charge is 2.03. The number of hydrogen-bond acceptors (Lipinski definition) is 5. The minimum Gasteiger partial charge on any atom is -0.439 e. The summed E-state index contributed by atoms with van der Waals surface area (Å²) in [6, 6.07) is 3.23. The Morgan fingerprint density at radius 1 is 1.46 bits per heavy atom. The van der Waals surface area contributed by atoms with Gasteiger partial charge in [-0.25, -0.2) is 9.78 Å². The third kappa shape index (κ3) is 1.32. The summed E-state index contributed by atoms with van der Waals surface area (Å²) < 4.78 is 5.19. The number of isocyanates is 1. The standard InChI is InChI=1S/C8H5N3O2/c1-5-10-8-6(13-5)2-3-7(11-8)9-4-12/h2-3H,1H3. The van der Waals surface area contributed by atoms with Crippen molar-refractivity contribution in [1.82, 2.24) is 9.97 Å². The van der Waals surface area contributed by atoms with E-state index in [0.717, 1.165) is 0 Å². The lowest BCUT2D eigenvalue weighted by Gasteiger charge is -1.86. The highest BCUT2D eigenvalue weighted by atomic mass is 16.3. The van der Waals surface area contributed by atoms with Crippen molar-refractivity contribution in [3.8, 4) is 0 Å². The molecule has 0 fully saturated rings. The van der Waals surface area contributed by atoms with Gasteiger partial charge in [-0.05, 0) is 12.1 Å². The summed E-state index contributed by atoms with van der Waals surface area (Å²) in [7, 11) is 0. The summed E-state index contributed by atoms with van der Waals surface area (Å²) in [5.41, 5.74) is 1.04. The molecule has 2 heterocycles. The first-order valence-electron chi connectivity index (χ1n) is 3.61. The Kier molecular flexibility index (Phi) is 1.65. The molecule has 0 aliphatic heterocycles. The van der Waals surface area contributed by atoms with Crippen molar-refractivity contribution in [3.05, 3.63) is 18.0 Å². The molecule has 2 aromatic rings. The van der Waals surface area contributed by atoms with Crippen molar-refractivity contribution in [2.45, 2.75) is 6.92 Å². The molecule has 0 aliphatic carbocycles. The fourth-order valence-corrected chi connectivity index (χ4v) is 1.03. The number of aromatic nitrogens is 2. The molecule has 13 heavy (non-hydrogen) atoms. The SMILES string of the molecule is Cc1nc2nc(N=C=O)ccc2o1. The van der Waals surface area contributed by atoms with Gasteiger partial charge in [0.2, 0.25) is 11.7 Å². The summed E-state index contributed by atoms with van der Waals surface area (Å²) in [6.07, 6.45) is 1.41. The number of hydrogen-bond donors (Lipinski definition) is 0. The van der Waals surface area contributed by atoms with E-state index in [9.17, 15) is 4.79 Å². The summed E-state index contributed by atoms with van der Waals surface area (Å²) in [6.45, 7) is 1.73. The molecule has 0 saturated heterocycles. The average molecular weight is 175 g/mol. The molecule has 0 aliphatic rings. The largest absolute Gasteiger partial charge is 0.439 e. The molecule has 5 nitrogen and oxygen atoms in total. The molecular formula is C8H5N3O2. The van der Waals surface area contributed by atoms with E-state index in [1.807, 2.05) is 0 Å². The van der Waals surface area contributed by atoms with Crippen molar-refractivity contribution in [2.24, 2.45) is 4.99 Å². The molecule has 5 heteroatoms. The van der Waals surface area contributed by atoms with E-state index in [4.69, 9.17) is 4.42 Å². The van der Waals surface area contributed by atoms with E-state index < -0.39 is 0 Å². The van der Waals surface area contributed by atoms with Crippen LogP contribution in [0.25, 0.3) is 11.2 Å². The van der Waals surface area contributed by atoms with Gasteiger partial charge in [0.05, 0.1) is 0 Å². The molecule has 0 bridgehead atoms. The third-order valence-corrected chi connectivity index (χ3v) is 1.51. The number of aliphatic imine (C=N–C) groups is 1. The van der Waals surface area contributed by atoms with Crippen molar-refractivity contribution in [2.75, 3.05) is 0 Å². The van der Waals surface area contributed by atoms with Crippen LogP contribution in [0.15, 0.2) is 21.5 Å². The van der Waals surface area contributed by atoms with Crippen LogP contribution in [0.4, 0.5) is 5.82 Å². The highest BCUT2D eigenvalue weighted by molar-refractivity contribution is 5.70. The van der Waals surface area contributed by atoms with Crippen molar-refractivity contribution >= 4 is 23.1 Å². The van der Waals surface area contributed by atoms with Crippen LogP contribution in [0.1, 0.15) is 5.89 Å². The maximum Gasteiger partial charge on any atom is 0.242 e. The number of carbonyl (C=O) groups excluding carboxylic acids is 1. The summed E-state index contributed by atoms with van der Waals surface area (Å²) in [4.78, 5) is 21.2. The molecule has 0 radical (unpaired) electrons. The number of nitrogens with zero attached hydrogens (tertiary/aromatic N) is 3. The van der Waals surface area contributed by atoms with Gasteiger partial charge in [-0.1, -0.05) is 0 Å². The zero-order valence-electron chi connectivity index (χ0n) is 6.81. The van der Waals surface area contributed by atoms with Crippen LogP contribution < -0.4 is 0 Å². The Hall–Kier alpha value is -2.00. The summed E-state index contributed by atoms with van der Waals surface area (Å²) in [5, 5.41) is 0. The predicted octanol–water partition coefficient (Wildman–Crippen LogP) is 1.50. The number of pyridine rings is 1. The smallest absolute Gasteiger partial charge is 0.242 e. The van der Waals surface area contributed by atoms with E-state index in [0.29, 0.717) is 17.1 Å².